The number of carbonyl (C=O) groups is 1. The van der Waals surface area contributed by atoms with Crippen molar-refractivity contribution in [3.05, 3.63) is 67.8 Å². The second-order valence-electron chi connectivity index (χ2n) is 2.61. The smallest absolute Gasteiger partial charge is 0.300 e. The third-order valence-corrected chi connectivity index (χ3v) is 1.20. The summed E-state index contributed by atoms with van der Waals surface area (Å²) in [5.74, 6) is -0.833. The predicted octanol–water partition coefficient (Wildman–Crippen LogP) is 3.78. The van der Waals surface area contributed by atoms with Crippen molar-refractivity contribution in [3.8, 4) is 0 Å². The van der Waals surface area contributed by atoms with E-state index in [1.807, 2.05) is 36.4 Å². The lowest BCUT2D eigenvalue weighted by Crippen LogP contribution is -1.78. The summed E-state index contributed by atoms with van der Waals surface area (Å²) in [6.45, 7) is 11.4. The Hall–Kier alpha value is -2.09. The maximum Gasteiger partial charge on any atom is 0.300 e. The minimum Gasteiger partial charge on any atom is -0.481 e. The van der Waals surface area contributed by atoms with Crippen LogP contribution in [0.15, 0.2) is 62.2 Å². The van der Waals surface area contributed by atoms with Gasteiger partial charge in [0.05, 0.1) is 0 Å². The van der Waals surface area contributed by atoms with Crippen LogP contribution in [-0.4, -0.2) is 11.1 Å². The summed E-state index contributed by atoms with van der Waals surface area (Å²) in [7, 11) is 0. The first kappa shape index (κ1) is 16.3. The van der Waals surface area contributed by atoms with Crippen LogP contribution in [0, 0.1) is 0 Å². The van der Waals surface area contributed by atoms with Crippen LogP contribution in [0.3, 0.4) is 0 Å². The summed E-state index contributed by atoms with van der Waals surface area (Å²) in [5, 5.41) is 7.42. The summed E-state index contributed by atoms with van der Waals surface area (Å²) < 4.78 is 0. The van der Waals surface area contributed by atoms with Crippen LogP contribution in [0.2, 0.25) is 0 Å². The molecule has 0 saturated carbocycles. The average molecular weight is 218 g/mol. The fourth-order valence-corrected chi connectivity index (χ4v) is 0.589. The zero-order chi connectivity index (χ0) is 12.8. The summed E-state index contributed by atoms with van der Waals surface area (Å²) in [6.07, 6.45) is 5.11. The van der Waals surface area contributed by atoms with Crippen molar-refractivity contribution in [3.63, 3.8) is 0 Å². The van der Waals surface area contributed by atoms with Crippen LogP contribution in [0.25, 0.3) is 6.08 Å². The molecule has 0 unspecified atom stereocenters. The average Bonchev–Trinajstić information content (AvgIpc) is 2.30. The third-order valence-electron chi connectivity index (χ3n) is 1.20. The number of rotatable bonds is 2. The molecule has 0 radical (unpaired) electrons. The van der Waals surface area contributed by atoms with E-state index in [2.05, 4.69) is 19.7 Å². The van der Waals surface area contributed by atoms with Crippen molar-refractivity contribution in [1.29, 1.82) is 0 Å². The monoisotopic (exact) mass is 218 g/mol. The number of carboxylic acid groups (broad SMARTS) is 1. The molecule has 2 nitrogen and oxygen atoms in total. The van der Waals surface area contributed by atoms with Crippen molar-refractivity contribution >= 4 is 12.0 Å². The van der Waals surface area contributed by atoms with Crippen molar-refractivity contribution in [2.24, 2.45) is 0 Å². The second kappa shape index (κ2) is 12.9. The fraction of sp³-hybridized carbons (Fsp3) is 0.0714. The fourth-order valence-electron chi connectivity index (χ4n) is 0.589. The molecule has 0 saturated heterocycles. The lowest BCUT2D eigenvalue weighted by atomic mass is 10.2. The minimum atomic E-state index is -0.833. The topological polar surface area (TPSA) is 37.3 Å². The molecule has 0 fully saturated rings. The van der Waals surface area contributed by atoms with E-state index in [1.165, 1.54) is 5.56 Å². The molecule has 0 amide bonds. The zero-order valence-electron chi connectivity index (χ0n) is 9.60. The van der Waals surface area contributed by atoms with Crippen LogP contribution >= 0.6 is 0 Å². The summed E-state index contributed by atoms with van der Waals surface area (Å²) >= 11 is 0. The number of hydrogen-bond acceptors (Lipinski definition) is 1. The zero-order valence-corrected chi connectivity index (χ0v) is 9.60. The molecule has 0 aromatic heterocycles. The SMILES string of the molecule is C=CC=C.C=Cc1ccccc1.CC(=O)O. The molecule has 0 spiro atoms. The predicted molar refractivity (Wildman–Crippen MR) is 70.2 cm³/mol. The Morgan fingerprint density at radius 3 is 1.69 bits per heavy atom. The van der Waals surface area contributed by atoms with Crippen LogP contribution in [0.4, 0.5) is 0 Å². The van der Waals surface area contributed by atoms with E-state index in [0.717, 1.165) is 6.92 Å². The van der Waals surface area contributed by atoms with E-state index in [0.29, 0.717) is 0 Å². The molecular weight excluding hydrogens is 200 g/mol. The van der Waals surface area contributed by atoms with Crippen molar-refractivity contribution in [2.75, 3.05) is 0 Å². The van der Waals surface area contributed by atoms with Gasteiger partial charge in [0.25, 0.3) is 5.97 Å². The quantitative estimate of drug-likeness (QED) is 0.767. The maximum absolute atomic E-state index is 9.00. The third kappa shape index (κ3) is 17.9. The number of carboxylic acids is 1. The summed E-state index contributed by atoms with van der Waals surface area (Å²) in [5.41, 5.74) is 1.17. The van der Waals surface area contributed by atoms with Gasteiger partial charge in [0.1, 0.15) is 0 Å². The molecule has 2 heteroatoms. The van der Waals surface area contributed by atoms with Gasteiger partial charge in [-0.1, -0.05) is 68.3 Å². The summed E-state index contributed by atoms with van der Waals surface area (Å²) in [6, 6.07) is 10.0. The molecule has 0 bridgehead atoms. The molecule has 1 N–H and O–H groups in total. The minimum absolute atomic E-state index is 0.833. The Bertz CT molecular complexity index is 303. The van der Waals surface area contributed by atoms with Gasteiger partial charge in [-0.2, -0.15) is 0 Å². The number of hydrogen-bond donors (Lipinski definition) is 1. The molecule has 86 valence electrons. The Kier molecular flexibility index (Phi) is 13.2. The molecule has 0 aliphatic carbocycles. The Morgan fingerprint density at radius 1 is 1.12 bits per heavy atom. The highest BCUT2D eigenvalue weighted by Gasteiger charge is 1.75. The van der Waals surface area contributed by atoms with Gasteiger partial charge < -0.3 is 5.11 Å². The van der Waals surface area contributed by atoms with E-state index in [-0.39, 0.29) is 0 Å². The standard InChI is InChI=1S/C8H8.C4H6.C2H4O2/c1-2-8-6-4-3-5-7-8;1-3-4-2;1-2(3)4/h2-7H,1H2;3-4H,1-2H2;1H3,(H,3,4). The normalized spacial score (nSPS) is 7.06. The Morgan fingerprint density at radius 2 is 1.50 bits per heavy atom. The maximum atomic E-state index is 9.00. The van der Waals surface area contributed by atoms with Gasteiger partial charge in [0.2, 0.25) is 0 Å². The Labute approximate surface area is 97.2 Å². The summed E-state index contributed by atoms with van der Waals surface area (Å²) in [4.78, 5) is 9.00. The lowest BCUT2D eigenvalue weighted by molar-refractivity contribution is -0.134. The van der Waals surface area contributed by atoms with Gasteiger partial charge in [-0.15, -0.1) is 0 Å². The first-order valence-electron chi connectivity index (χ1n) is 4.69. The molecular formula is C14H18O2. The van der Waals surface area contributed by atoms with Crippen molar-refractivity contribution in [2.45, 2.75) is 6.92 Å². The molecule has 0 heterocycles. The highest BCUT2D eigenvalue weighted by molar-refractivity contribution is 5.62. The largest absolute Gasteiger partial charge is 0.481 e. The first-order chi connectivity index (χ1) is 7.58. The van der Waals surface area contributed by atoms with Gasteiger partial charge in [-0.3, -0.25) is 4.79 Å². The second-order valence-corrected chi connectivity index (χ2v) is 2.61. The molecule has 1 rings (SSSR count). The van der Waals surface area contributed by atoms with Crippen LogP contribution < -0.4 is 0 Å². The highest BCUT2D eigenvalue weighted by atomic mass is 16.4. The van der Waals surface area contributed by atoms with Crippen LogP contribution in [0.1, 0.15) is 12.5 Å². The van der Waals surface area contributed by atoms with E-state index < -0.39 is 5.97 Å². The molecule has 1 aromatic rings. The van der Waals surface area contributed by atoms with Gasteiger partial charge in [0.15, 0.2) is 0 Å². The molecule has 1 aromatic carbocycles. The molecule has 0 aliphatic heterocycles. The van der Waals surface area contributed by atoms with Gasteiger partial charge in [-0.05, 0) is 5.56 Å². The first-order valence-corrected chi connectivity index (χ1v) is 4.69. The van der Waals surface area contributed by atoms with Crippen LogP contribution in [0.5, 0.6) is 0 Å². The van der Waals surface area contributed by atoms with E-state index in [4.69, 9.17) is 9.90 Å². The molecule has 0 aliphatic rings. The number of benzene rings is 1. The number of allylic oxidation sites excluding steroid dienone is 2. The van der Waals surface area contributed by atoms with E-state index in [9.17, 15) is 0 Å². The Balaban J connectivity index is 0. The lowest BCUT2D eigenvalue weighted by Gasteiger charge is -1.85. The van der Waals surface area contributed by atoms with Crippen LogP contribution in [-0.2, 0) is 4.79 Å². The highest BCUT2D eigenvalue weighted by Crippen LogP contribution is 1.97. The van der Waals surface area contributed by atoms with Gasteiger partial charge in [0, 0.05) is 6.92 Å². The molecule has 16 heavy (non-hydrogen) atoms. The van der Waals surface area contributed by atoms with Crippen molar-refractivity contribution < 1.29 is 9.90 Å². The van der Waals surface area contributed by atoms with Gasteiger partial charge >= 0.3 is 0 Å². The van der Waals surface area contributed by atoms with E-state index in [1.54, 1.807) is 12.2 Å². The molecule has 0 atom stereocenters. The van der Waals surface area contributed by atoms with Gasteiger partial charge in [-0.25, -0.2) is 0 Å². The number of aliphatic carboxylic acids is 1. The van der Waals surface area contributed by atoms with Crippen molar-refractivity contribution in [1.82, 2.24) is 0 Å². The van der Waals surface area contributed by atoms with E-state index >= 15 is 0 Å².